The van der Waals surface area contributed by atoms with Crippen LogP contribution in [0.25, 0.3) is 6.08 Å². The maximum absolute atomic E-state index is 12.4. The summed E-state index contributed by atoms with van der Waals surface area (Å²) in [4.78, 5) is 12.4. The Hall–Kier alpha value is -3.00. The number of hydrogen-bond donors (Lipinski definition) is 0. The number of nitrogens with zero attached hydrogens (tertiary/aromatic N) is 1. The van der Waals surface area contributed by atoms with Crippen molar-refractivity contribution in [1.82, 2.24) is 0 Å². The first kappa shape index (κ1) is 16.4. The van der Waals surface area contributed by atoms with E-state index in [1.807, 2.05) is 19.1 Å². The third kappa shape index (κ3) is 4.24. The molecule has 0 radical (unpaired) electrons. The molecular weight excluding hydrogens is 300 g/mol. The summed E-state index contributed by atoms with van der Waals surface area (Å²) >= 11 is 0. The van der Waals surface area contributed by atoms with Gasteiger partial charge in [-0.25, -0.2) is 0 Å². The highest BCUT2D eigenvalue weighted by atomic mass is 19.3. The quantitative estimate of drug-likeness (QED) is 0.467. The summed E-state index contributed by atoms with van der Waals surface area (Å²) in [6.07, 6.45) is 1.25. The average Bonchev–Trinajstić information content (AvgIpc) is 2.53. The zero-order valence-electron chi connectivity index (χ0n) is 12.3. The lowest BCUT2D eigenvalue weighted by atomic mass is 10.0. The van der Waals surface area contributed by atoms with E-state index >= 15 is 0 Å². The lowest BCUT2D eigenvalue weighted by Gasteiger charge is -2.08. The number of alkyl halides is 2. The first-order chi connectivity index (χ1) is 11.0. The molecule has 0 spiro atoms. The highest BCUT2D eigenvalue weighted by Crippen LogP contribution is 2.24. The van der Waals surface area contributed by atoms with Crippen LogP contribution in [0.2, 0.25) is 0 Å². The van der Waals surface area contributed by atoms with Crippen LogP contribution >= 0.6 is 0 Å². The number of ketones is 1. The van der Waals surface area contributed by atoms with E-state index < -0.39 is 12.4 Å². The number of halogens is 2. The summed E-state index contributed by atoms with van der Waals surface area (Å²) in [5, 5.41) is 9.23. The first-order valence-electron chi connectivity index (χ1n) is 6.78. The molecule has 0 aliphatic heterocycles. The van der Waals surface area contributed by atoms with E-state index in [1.54, 1.807) is 24.3 Å². The van der Waals surface area contributed by atoms with Crippen molar-refractivity contribution in [3.63, 3.8) is 0 Å². The Morgan fingerprint density at radius 2 is 1.96 bits per heavy atom. The largest absolute Gasteiger partial charge is 0.434 e. The van der Waals surface area contributed by atoms with Crippen LogP contribution in [0.4, 0.5) is 8.78 Å². The molecule has 0 heterocycles. The number of allylic oxidation sites excluding steroid dienone is 1. The molecule has 0 aliphatic carbocycles. The zero-order chi connectivity index (χ0) is 16.8. The highest BCUT2D eigenvalue weighted by molar-refractivity contribution is 6.14. The number of carbonyl (C=O) groups is 1. The molecule has 0 unspecified atom stereocenters. The molecule has 0 bridgehead atoms. The van der Waals surface area contributed by atoms with Gasteiger partial charge in [-0.2, -0.15) is 14.0 Å². The topological polar surface area (TPSA) is 50.1 Å². The average molecular weight is 313 g/mol. The Morgan fingerprint density at radius 1 is 1.22 bits per heavy atom. The molecule has 0 amide bonds. The fraction of sp³-hybridized carbons (Fsp3) is 0.111. The Balaban J connectivity index is 2.40. The second-order valence-corrected chi connectivity index (χ2v) is 4.78. The van der Waals surface area contributed by atoms with E-state index in [1.165, 1.54) is 24.3 Å². The van der Waals surface area contributed by atoms with Crippen molar-refractivity contribution in [3.8, 4) is 11.8 Å². The molecule has 0 atom stereocenters. The lowest BCUT2D eigenvalue weighted by molar-refractivity contribution is -0.0499. The van der Waals surface area contributed by atoms with Crippen LogP contribution in [-0.4, -0.2) is 12.4 Å². The van der Waals surface area contributed by atoms with E-state index in [0.29, 0.717) is 5.56 Å². The van der Waals surface area contributed by atoms with Crippen molar-refractivity contribution < 1.29 is 18.3 Å². The second kappa shape index (κ2) is 7.32. The van der Waals surface area contributed by atoms with E-state index in [0.717, 1.165) is 5.56 Å². The molecule has 5 heteroatoms. The van der Waals surface area contributed by atoms with E-state index in [-0.39, 0.29) is 16.9 Å². The van der Waals surface area contributed by atoms with Crippen molar-refractivity contribution >= 4 is 11.9 Å². The third-order valence-electron chi connectivity index (χ3n) is 3.08. The zero-order valence-corrected chi connectivity index (χ0v) is 12.3. The molecular formula is C18H13F2NO2. The van der Waals surface area contributed by atoms with Crippen molar-refractivity contribution in [2.75, 3.05) is 0 Å². The third-order valence-corrected chi connectivity index (χ3v) is 3.08. The molecule has 0 aliphatic rings. The minimum Gasteiger partial charge on any atom is -0.434 e. The maximum Gasteiger partial charge on any atom is 0.387 e. The van der Waals surface area contributed by atoms with Crippen LogP contribution in [0, 0.1) is 18.3 Å². The molecule has 0 aromatic heterocycles. The van der Waals surface area contributed by atoms with Gasteiger partial charge in [-0.15, -0.1) is 0 Å². The van der Waals surface area contributed by atoms with Gasteiger partial charge in [0.2, 0.25) is 5.78 Å². The second-order valence-electron chi connectivity index (χ2n) is 4.78. The van der Waals surface area contributed by atoms with Gasteiger partial charge < -0.3 is 4.74 Å². The number of benzene rings is 2. The Labute approximate surface area is 132 Å². The van der Waals surface area contributed by atoms with Gasteiger partial charge in [-0.05, 0) is 25.1 Å². The first-order valence-corrected chi connectivity index (χ1v) is 6.78. The van der Waals surface area contributed by atoms with Crippen molar-refractivity contribution in [2.24, 2.45) is 0 Å². The number of nitriles is 1. The van der Waals surface area contributed by atoms with Gasteiger partial charge in [0.25, 0.3) is 0 Å². The molecule has 0 saturated heterocycles. The van der Waals surface area contributed by atoms with Crippen LogP contribution in [-0.2, 0) is 0 Å². The van der Waals surface area contributed by atoms with Gasteiger partial charge in [0.05, 0.1) is 0 Å². The molecule has 116 valence electrons. The number of hydrogen-bond acceptors (Lipinski definition) is 3. The fourth-order valence-electron chi connectivity index (χ4n) is 2.05. The molecule has 3 nitrogen and oxygen atoms in total. The minimum absolute atomic E-state index is 0.0905. The molecule has 23 heavy (non-hydrogen) atoms. The summed E-state index contributed by atoms with van der Waals surface area (Å²) in [5.41, 5.74) is 1.34. The normalized spacial score (nSPS) is 11.2. The number of para-hydroxylation sites is 1. The Kier molecular flexibility index (Phi) is 5.21. The SMILES string of the molecule is Cc1cccc(C(=O)/C(C#N)=C/c2ccccc2OC(F)F)c1. The smallest absolute Gasteiger partial charge is 0.387 e. The van der Waals surface area contributed by atoms with Gasteiger partial charge in [-0.1, -0.05) is 42.0 Å². The van der Waals surface area contributed by atoms with Crippen LogP contribution in [0.1, 0.15) is 21.5 Å². The van der Waals surface area contributed by atoms with E-state index in [9.17, 15) is 18.8 Å². The molecule has 2 aromatic carbocycles. The maximum atomic E-state index is 12.4. The Bertz CT molecular complexity index is 792. The molecule has 0 N–H and O–H groups in total. The highest BCUT2D eigenvalue weighted by Gasteiger charge is 2.14. The fourth-order valence-corrected chi connectivity index (χ4v) is 2.05. The van der Waals surface area contributed by atoms with Gasteiger partial charge in [0.1, 0.15) is 17.4 Å². The van der Waals surface area contributed by atoms with Gasteiger partial charge >= 0.3 is 6.61 Å². The molecule has 0 saturated carbocycles. The minimum atomic E-state index is -2.98. The van der Waals surface area contributed by atoms with Crippen molar-refractivity contribution in [2.45, 2.75) is 13.5 Å². The number of ether oxygens (including phenoxy) is 1. The molecule has 2 rings (SSSR count). The predicted molar refractivity (Wildman–Crippen MR) is 82.2 cm³/mol. The summed E-state index contributed by atoms with van der Waals surface area (Å²) < 4.78 is 29.2. The number of Topliss-reactive ketones (excluding diaryl/α,β-unsaturated/α-hetero) is 1. The monoisotopic (exact) mass is 313 g/mol. The number of rotatable bonds is 5. The van der Waals surface area contributed by atoms with Crippen molar-refractivity contribution in [1.29, 1.82) is 5.26 Å². The lowest BCUT2D eigenvalue weighted by Crippen LogP contribution is -2.05. The molecule has 2 aromatic rings. The van der Waals surface area contributed by atoms with Crippen LogP contribution in [0.5, 0.6) is 5.75 Å². The van der Waals surface area contributed by atoms with E-state index in [2.05, 4.69) is 4.74 Å². The van der Waals surface area contributed by atoms with Gasteiger partial charge in [0.15, 0.2) is 0 Å². The Morgan fingerprint density at radius 3 is 2.61 bits per heavy atom. The summed E-state index contributed by atoms with van der Waals surface area (Å²) in [7, 11) is 0. The van der Waals surface area contributed by atoms with Crippen molar-refractivity contribution in [3.05, 3.63) is 70.8 Å². The number of carbonyl (C=O) groups excluding carboxylic acids is 1. The van der Waals surface area contributed by atoms with Gasteiger partial charge in [0, 0.05) is 11.1 Å². The predicted octanol–water partition coefficient (Wildman–Crippen LogP) is 4.39. The van der Waals surface area contributed by atoms with E-state index in [4.69, 9.17) is 0 Å². The van der Waals surface area contributed by atoms with Gasteiger partial charge in [-0.3, -0.25) is 4.79 Å². The summed E-state index contributed by atoms with van der Waals surface area (Å²) in [6.45, 7) is -1.15. The molecule has 0 fully saturated rings. The summed E-state index contributed by atoms with van der Waals surface area (Å²) in [5.74, 6) is -0.560. The summed E-state index contributed by atoms with van der Waals surface area (Å²) in [6, 6.07) is 14.6. The number of aryl methyl sites for hydroxylation is 1. The van der Waals surface area contributed by atoms with Crippen LogP contribution in [0.3, 0.4) is 0 Å². The van der Waals surface area contributed by atoms with Crippen LogP contribution < -0.4 is 4.74 Å². The van der Waals surface area contributed by atoms with Crippen LogP contribution in [0.15, 0.2) is 54.1 Å². The standard InChI is InChI=1S/C18H13F2NO2/c1-12-5-4-7-14(9-12)17(22)15(11-21)10-13-6-2-3-8-16(13)23-18(19)20/h2-10,18H,1H3/b15-10+.